The summed E-state index contributed by atoms with van der Waals surface area (Å²) >= 11 is 1.29. The largest absolute Gasteiger partial charge is 0.493 e. The highest BCUT2D eigenvalue weighted by molar-refractivity contribution is 7.07. The Morgan fingerprint density at radius 1 is 1.09 bits per heavy atom. The van der Waals surface area contributed by atoms with Crippen LogP contribution in [0.2, 0.25) is 0 Å². The van der Waals surface area contributed by atoms with E-state index in [4.69, 9.17) is 19.2 Å². The molecule has 3 aromatic carbocycles. The molecule has 0 unspecified atom stereocenters. The van der Waals surface area contributed by atoms with Gasteiger partial charge in [0, 0.05) is 5.56 Å². The molecule has 0 N–H and O–H groups in total. The SMILES string of the molecule is CCCC1=C(C(=O)OCC)[C@@H](c2ccc(C(C)C)cc2)n2c(s/c(=C/c3ccc(OCc4ccccc4C#N)c(OC)c3)c2=O)=N1. The zero-order valence-corrected chi connectivity index (χ0v) is 27.5. The van der Waals surface area contributed by atoms with Gasteiger partial charge in [0.1, 0.15) is 6.61 Å². The molecule has 0 amide bonds. The van der Waals surface area contributed by atoms with E-state index >= 15 is 0 Å². The number of methoxy groups -OCH3 is 1. The average molecular weight is 636 g/mol. The molecule has 1 aliphatic heterocycles. The highest BCUT2D eigenvalue weighted by atomic mass is 32.1. The van der Waals surface area contributed by atoms with E-state index in [9.17, 15) is 14.9 Å². The lowest BCUT2D eigenvalue weighted by Gasteiger charge is -2.26. The van der Waals surface area contributed by atoms with Crippen LogP contribution < -0.4 is 24.4 Å². The highest BCUT2D eigenvalue weighted by Crippen LogP contribution is 2.33. The zero-order valence-electron chi connectivity index (χ0n) is 26.7. The minimum Gasteiger partial charge on any atom is -0.493 e. The third kappa shape index (κ3) is 6.68. The first-order valence-electron chi connectivity index (χ1n) is 15.4. The Bertz CT molecular complexity index is 2000. The number of thiazole rings is 1. The molecule has 0 spiro atoms. The first-order valence-corrected chi connectivity index (χ1v) is 16.2. The van der Waals surface area contributed by atoms with Crippen LogP contribution >= 0.6 is 11.3 Å². The van der Waals surface area contributed by atoms with Gasteiger partial charge in [-0.2, -0.15) is 5.26 Å². The Labute approximate surface area is 272 Å². The van der Waals surface area contributed by atoms with Crippen LogP contribution in [0, 0.1) is 11.3 Å². The Kier molecular flexibility index (Phi) is 10.2. The number of nitriles is 1. The molecule has 0 fully saturated rings. The number of fused-ring (bicyclic) bond motifs is 1. The van der Waals surface area contributed by atoms with Gasteiger partial charge in [0.05, 0.1) is 47.2 Å². The van der Waals surface area contributed by atoms with E-state index in [1.807, 2.05) is 55.5 Å². The molecule has 1 aromatic heterocycles. The molecule has 4 aromatic rings. The topological polar surface area (TPSA) is 103 Å². The van der Waals surface area contributed by atoms with Gasteiger partial charge in [0.2, 0.25) is 0 Å². The number of esters is 1. The zero-order chi connectivity index (χ0) is 32.8. The molecule has 0 aliphatic carbocycles. The van der Waals surface area contributed by atoms with Crippen molar-refractivity contribution >= 4 is 23.4 Å². The van der Waals surface area contributed by atoms with Gasteiger partial charge < -0.3 is 14.2 Å². The van der Waals surface area contributed by atoms with Crippen LogP contribution in [0.3, 0.4) is 0 Å². The van der Waals surface area contributed by atoms with Gasteiger partial charge in [-0.1, -0.05) is 87.1 Å². The number of aromatic nitrogens is 1. The number of rotatable bonds is 11. The Morgan fingerprint density at radius 3 is 2.52 bits per heavy atom. The number of nitrogens with zero attached hydrogens (tertiary/aromatic N) is 3. The predicted octanol–water partition coefficient (Wildman–Crippen LogP) is 6.16. The van der Waals surface area contributed by atoms with E-state index in [0.717, 1.165) is 23.1 Å². The molecule has 9 heteroatoms. The van der Waals surface area contributed by atoms with Gasteiger partial charge in [-0.15, -0.1) is 0 Å². The monoisotopic (exact) mass is 635 g/mol. The van der Waals surface area contributed by atoms with Crippen LogP contribution in [0.1, 0.15) is 80.3 Å². The molecule has 0 saturated carbocycles. The van der Waals surface area contributed by atoms with Crippen molar-refractivity contribution in [1.82, 2.24) is 4.57 Å². The predicted molar refractivity (Wildman–Crippen MR) is 179 cm³/mol. The number of hydrogen-bond acceptors (Lipinski definition) is 8. The number of allylic oxidation sites excluding steroid dienone is 1. The van der Waals surface area contributed by atoms with Gasteiger partial charge in [0.25, 0.3) is 5.56 Å². The average Bonchev–Trinajstić information content (AvgIpc) is 3.37. The second-order valence-electron chi connectivity index (χ2n) is 11.2. The summed E-state index contributed by atoms with van der Waals surface area (Å²) in [6, 6.07) is 22.3. The number of hydrogen-bond donors (Lipinski definition) is 0. The van der Waals surface area contributed by atoms with Crippen molar-refractivity contribution in [3.8, 4) is 17.6 Å². The maximum atomic E-state index is 14.1. The molecule has 0 bridgehead atoms. The standard InChI is InChI=1S/C37H37N3O5S/c1-6-10-29-33(36(42)44-7-2)34(26-16-14-25(15-17-26)23(3)4)40-35(41)32(46-37(40)39-29)20-24-13-18-30(31(19-24)43-5)45-22-28-12-9-8-11-27(28)21-38/h8-9,11-20,23,34H,6-7,10,22H2,1-5H3/b32-20+/t34-/m1/s1. The summed E-state index contributed by atoms with van der Waals surface area (Å²) in [5.74, 6) is 0.893. The summed E-state index contributed by atoms with van der Waals surface area (Å²) < 4.78 is 19.2. The molecule has 46 heavy (non-hydrogen) atoms. The fraction of sp³-hybridized carbons (Fsp3) is 0.297. The second-order valence-corrected chi connectivity index (χ2v) is 12.2. The van der Waals surface area contributed by atoms with Crippen molar-refractivity contribution in [2.75, 3.05) is 13.7 Å². The summed E-state index contributed by atoms with van der Waals surface area (Å²) in [5, 5.41) is 9.40. The van der Waals surface area contributed by atoms with Crippen LogP contribution in [0.5, 0.6) is 11.5 Å². The van der Waals surface area contributed by atoms with Gasteiger partial charge in [-0.25, -0.2) is 9.79 Å². The molecular formula is C37H37N3O5S. The first-order chi connectivity index (χ1) is 22.3. The third-order valence-electron chi connectivity index (χ3n) is 7.82. The normalized spacial score (nSPS) is 14.5. The molecule has 2 heterocycles. The molecule has 236 valence electrons. The van der Waals surface area contributed by atoms with Gasteiger partial charge in [-0.3, -0.25) is 9.36 Å². The van der Waals surface area contributed by atoms with Crippen molar-refractivity contribution in [3.05, 3.63) is 126 Å². The highest BCUT2D eigenvalue weighted by Gasteiger charge is 2.34. The number of carbonyl (C=O) groups is 1. The summed E-state index contributed by atoms with van der Waals surface area (Å²) in [6.45, 7) is 8.49. The molecular weight excluding hydrogens is 598 g/mol. The van der Waals surface area contributed by atoms with Crippen LogP contribution in [0.4, 0.5) is 0 Å². The molecule has 8 nitrogen and oxygen atoms in total. The molecule has 1 atom stereocenters. The summed E-state index contributed by atoms with van der Waals surface area (Å²) in [4.78, 5) is 33.0. The van der Waals surface area contributed by atoms with Crippen molar-refractivity contribution in [3.63, 3.8) is 0 Å². The first kappa shape index (κ1) is 32.5. The van der Waals surface area contributed by atoms with Crippen molar-refractivity contribution < 1.29 is 19.0 Å². The Balaban J connectivity index is 1.58. The van der Waals surface area contributed by atoms with E-state index in [0.29, 0.717) is 50.0 Å². The minimum atomic E-state index is -0.665. The van der Waals surface area contributed by atoms with Gasteiger partial charge in [-0.05, 0) is 60.2 Å². The quantitative estimate of drug-likeness (QED) is 0.183. The molecule has 0 radical (unpaired) electrons. The summed E-state index contributed by atoms with van der Waals surface area (Å²) in [5.41, 5.74) is 4.86. The van der Waals surface area contributed by atoms with E-state index in [1.165, 1.54) is 16.9 Å². The fourth-order valence-electron chi connectivity index (χ4n) is 5.45. The lowest BCUT2D eigenvalue weighted by Crippen LogP contribution is -2.40. The fourth-order valence-corrected chi connectivity index (χ4v) is 6.47. The van der Waals surface area contributed by atoms with Crippen LogP contribution in [0.15, 0.2) is 87.8 Å². The van der Waals surface area contributed by atoms with Crippen molar-refractivity contribution in [2.45, 2.75) is 59.1 Å². The minimum absolute atomic E-state index is 0.207. The van der Waals surface area contributed by atoms with E-state index < -0.39 is 12.0 Å². The van der Waals surface area contributed by atoms with Crippen LogP contribution in [-0.4, -0.2) is 24.3 Å². The van der Waals surface area contributed by atoms with Crippen molar-refractivity contribution in [1.29, 1.82) is 5.26 Å². The van der Waals surface area contributed by atoms with Gasteiger partial charge >= 0.3 is 5.97 Å². The molecule has 5 rings (SSSR count). The summed E-state index contributed by atoms with van der Waals surface area (Å²) in [7, 11) is 1.56. The molecule has 1 aliphatic rings. The van der Waals surface area contributed by atoms with E-state index in [-0.39, 0.29) is 18.8 Å². The lowest BCUT2D eigenvalue weighted by atomic mass is 9.92. The number of carbonyl (C=O) groups excluding carboxylic acids is 1. The number of benzene rings is 3. The van der Waals surface area contributed by atoms with Crippen molar-refractivity contribution in [2.24, 2.45) is 4.99 Å². The second kappa shape index (κ2) is 14.4. The smallest absolute Gasteiger partial charge is 0.338 e. The molecule has 0 saturated heterocycles. The summed E-state index contributed by atoms with van der Waals surface area (Å²) in [6.07, 6.45) is 3.16. The Morgan fingerprint density at radius 2 is 1.85 bits per heavy atom. The van der Waals surface area contributed by atoms with E-state index in [2.05, 4.69) is 19.9 Å². The maximum Gasteiger partial charge on any atom is 0.338 e. The van der Waals surface area contributed by atoms with Gasteiger partial charge in [0.15, 0.2) is 16.3 Å². The Hall–Kier alpha value is -4.94. The van der Waals surface area contributed by atoms with Crippen LogP contribution in [0.25, 0.3) is 6.08 Å². The maximum absolute atomic E-state index is 14.1. The third-order valence-corrected chi connectivity index (χ3v) is 8.80. The van der Waals surface area contributed by atoms with E-state index in [1.54, 1.807) is 42.9 Å². The number of ether oxygens (including phenoxy) is 3. The lowest BCUT2D eigenvalue weighted by molar-refractivity contribution is -0.139. The van der Waals surface area contributed by atoms with Crippen LogP contribution in [-0.2, 0) is 16.1 Å².